The normalized spacial score (nSPS) is 11.5. The number of rotatable bonds is 5. The van der Waals surface area contributed by atoms with E-state index in [1.165, 1.54) is 0 Å². The van der Waals surface area contributed by atoms with Gasteiger partial charge in [-0.25, -0.2) is 4.79 Å². The van der Waals surface area contributed by atoms with Gasteiger partial charge in [0.15, 0.2) is 5.82 Å². The number of amides is 2. The highest BCUT2D eigenvalue weighted by Gasteiger charge is 2.05. The van der Waals surface area contributed by atoms with Gasteiger partial charge in [-0.15, -0.1) is 10.2 Å². The molecule has 0 aliphatic rings. The lowest BCUT2D eigenvalue weighted by Gasteiger charge is -2.11. The molecule has 0 spiro atoms. The molecule has 3 N–H and O–H groups in total. The fourth-order valence-corrected chi connectivity index (χ4v) is 1.63. The Bertz CT molecular complexity index is 570. The Hall–Kier alpha value is -2.63. The number of carbonyl (C=O) groups excluding carboxylic acids is 1. The van der Waals surface area contributed by atoms with Gasteiger partial charge in [0.2, 0.25) is 0 Å². The first kappa shape index (κ1) is 14.8. The molecule has 6 heteroatoms. The third-order valence-corrected chi connectivity index (χ3v) is 2.94. The number of urea groups is 1. The molecule has 0 aliphatic heterocycles. The number of hydrogen-bond acceptors (Lipinski definition) is 4. The minimum absolute atomic E-state index is 0.333. The van der Waals surface area contributed by atoms with Crippen molar-refractivity contribution >= 4 is 23.4 Å². The fraction of sp³-hybridized carbons (Fsp3) is 0.267. The van der Waals surface area contributed by atoms with Crippen LogP contribution in [0.5, 0.6) is 0 Å². The lowest BCUT2D eigenvalue weighted by Crippen LogP contribution is -2.20. The number of benzene rings is 1. The maximum atomic E-state index is 11.8. The fourth-order valence-electron chi connectivity index (χ4n) is 1.63. The zero-order valence-corrected chi connectivity index (χ0v) is 12.1. The summed E-state index contributed by atoms with van der Waals surface area (Å²) in [7, 11) is 0. The van der Waals surface area contributed by atoms with Gasteiger partial charge < -0.3 is 10.6 Å². The van der Waals surface area contributed by atoms with Crippen molar-refractivity contribution in [1.29, 1.82) is 0 Å². The van der Waals surface area contributed by atoms with Crippen molar-refractivity contribution in [1.82, 2.24) is 10.2 Å². The topological polar surface area (TPSA) is 78.9 Å². The van der Waals surface area contributed by atoms with E-state index < -0.39 is 0 Å². The maximum absolute atomic E-state index is 11.8. The van der Waals surface area contributed by atoms with Crippen LogP contribution in [0.1, 0.15) is 20.3 Å². The van der Waals surface area contributed by atoms with Crippen LogP contribution < -0.4 is 16.0 Å². The molecule has 0 saturated carbocycles. The lowest BCUT2D eigenvalue weighted by molar-refractivity contribution is 0.262. The number of nitrogens with one attached hydrogen (secondary N) is 3. The smallest absolute Gasteiger partial charge is 0.324 e. The summed E-state index contributed by atoms with van der Waals surface area (Å²) in [6, 6.07) is 12.7. The quantitative estimate of drug-likeness (QED) is 0.787. The highest BCUT2D eigenvalue weighted by Crippen LogP contribution is 2.10. The van der Waals surface area contributed by atoms with Crippen LogP contribution in [0.3, 0.4) is 0 Å². The predicted octanol–water partition coefficient (Wildman–Crippen LogP) is 3.33. The Morgan fingerprint density at radius 1 is 1.05 bits per heavy atom. The molecule has 0 bridgehead atoms. The van der Waals surface area contributed by atoms with Gasteiger partial charge in [-0.2, -0.15) is 0 Å². The zero-order chi connectivity index (χ0) is 15.1. The summed E-state index contributed by atoms with van der Waals surface area (Å²) in [5.74, 6) is 1.09. The average molecular weight is 285 g/mol. The summed E-state index contributed by atoms with van der Waals surface area (Å²) in [5, 5.41) is 16.5. The molecule has 1 unspecified atom stereocenters. The summed E-state index contributed by atoms with van der Waals surface area (Å²) in [6.45, 7) is 4.16. The van der Waals surface area contributed by atoms with Crippen LogP contribution in [0.2, 0.25) is 0 Å². The molecule has 1 atom stereocenters. The maximum Gasteiger partial charge on any atom is 0.324 e. The highest BCUT2D eigenvalue weighted by molar-refractivity contribution is 5.99. The number of hydrogen-bond donors (Lipinski definition) is 3. The first-order chi connectivity index (χ1) is 10.2. The van der Waals surface area contributed by atoms with Gasteiger partial charge in [0.25, 0.3) is 0 Å². The molecule has 0 aliphatic carbocycles. The first-order valence-corrected chi connectivity index (χ1v) is 6.90. The van der Waals surface area contributed by atoms with Crippen molar-refractivity contribution in [3.05, 3.63) is 42.5 Å². The molecule has 0 saturated heterocycles. The zero-order valence-electron chi connectivity index (χ0n) is 12.1. The molecule has 1 aromatic heterocycles. The van der Waals surface area contributed by atoms with Crippen molar-refractivity contribution in [2.75, 3.05) is 16.0 Å². The molecule has 2 amide bonds. The van der Waals surface area contributed by atoms with E-state index in [-0.39, 0.29) is 6.03 Å². The van der Waals surface area contributed by atoms with Crippen LogP contribution >= 0.6 is 0 Å². The summed E-state index contributed by atoms with van der Waals surface area (Å²) in [4.78, 5) is 11.8. The van der Waals surface area contributed by atoms with E-state index in [2.05, 4.69) is 40.0 Å². The van der Waals surface area contributed by atoms with Crippen LogP contribution in [0, 0.1) is 0 Å². The Morgan fingerprint density at radius 2 is 1.71 bits per heavy atom. The van der Waals surface area contributed by atoms with E-state index in [1.54, 1.807) is 12.1 Å². The van der Waals surface area contributed by atoms with Gasteiger partial charge in [-0.3, -0.25) is 5.32 Å². The Balaban J connectivity index is 1.89. The van der Waals surface area contributed by atoms with E-state index in [1.807, 2.05) is 30.3 Å². The first-order valence-electron chi connectivity index (χ1n) is 6.90. The van der Waals surface area contributed by atoms with Crippen LogP contribution in [0.15, 0.2) is 42.5 Å². The van der Waals surface area contributed by atoms with Gasteiger partial charge in [-0.1, -0.05) is 25.1 Å². The molecule has 21 heavy (non-hydrogen) atoms. The summed E-state index contributed by atoms with van der Waals surface area (Å²) in [5.41, 5.74) is 0.720. The molecule has 110 valence electrons. The third-order valence-electron chi connectivity index (χ3n) is 2.94. The van der Waals surface area contributed by atoms with E-state index in [0.717, 1.165) is 12.1 Å². The van der Waals surface area contributed by atoms with Crippen molar-refractivity contribution < 1.29 is 4.79 Å². The average Bonchev–Trinajstić information content (AvgIpc) is 2.50. The van der Waals surface area contributed by atoms with Gasteiger partial charge in [0.1, 0.15) is 5.82 Å². The highest BCUT2D eigenvalue weighted by atomic mass is 16.2. The van der Waals surface area contributed by atoms with Crippen molar-refractivity contribution in [2.24, 2.45) is 0 Å². The minimum Gasteiger partial charge on any atom is -0.366 e. The molecular weight excluding hydrogens is 266 g/mol. The number of aromatic nitrogens is 2. The second kappa shape index (κ2) is 7.23. The second-order valence-electron chi connectivity index (χ2n) is 4.70. The van der Waals surface area contributed by atoms with Gasteiger partial charge in [0, 0.05) is 11.7 Å². The summed E-state index contributed by atoms with van der Waals surface area (Å²) < 4.78 is 0. The summed E-state index contributed by atoms with van der Waals surface area (Å²) >= 11 is 0. The lowest BCUT2D eigenvalue weighted by atomic mass is 10.2. The molecular formula is C15H19N5O. The molecule has 2 rings (SSSR count). The van der Waals surface area contributed by atoms with Crippen LogP contribution in [0.25, 0.3) is 0 Å². The van der Waals surface area contributed by atoms with Crippen molar-refractivity contribution in [3.63, 3.8) is 0 Å². The number of anilines is 3. The van der Waals surface area contributed by atoms with Crippen LogP contribution in [-0.2, 0) is 0 Å². The molecule has 0 radical (unpaired) electrons. The van der Waals surface area contributed by atoms with Crippen LogP contribution in [0.4, 0.5) is 22.1 Å². The standard InChI is InChI=1S/C15H19N5O/c1-3-11(2)16-13-9-10-14(20-19-13)18-15(21)17-12-7-5-4-6-8-12/h4-11H,3H2,1-2H3,(H,16,19)(H2,17,18,20,21). The number of carbonyl (C=O) groups is 1. The largest absolute Gasteiger partial charge is 0.366 e. The van der Waals surface area contributed by atoms with E-state index in [4.69, 9.17) is 0 Å². The predicted molar refractivity (Wildman–Crippen MR) is 84.5 cm³/mol. The van der Waals surface area contributed by atoms with Gasteiger partial charge >= 0.3 is 6.03 Å². The molecule has 6 nitrogen and oxygen atoms in total. The SMILES string of the molecule is CCC(C)Nc1ccc(NC(=O)Nc2ccccc2)nn1. The number of nitrogens with zero attached hydrogens (tertiary/aromatic N) is 2. The third kappa shape index (κ3) is 4.76. The molecule has 1 aromatic carbocycles. The second-order valence-corrected chi connectivity index (χ2v) is 4.70. The Labute approximate surface area is 124 Å². The van der Waals surface area contributed by atoms with Crippen molar-refractivity contribution in [3.8, 4) is 0 Å². The molecule has 0 fully saturated rings. The molecule has 1 heterocycles. The Kier molecular flexibility index (Phi) is 5.09. The van der Waals surface area contributed by atoms with Crippen LogP contribution in [-0.4, -0.2) is 22.3 Å². The van der Waals surface area contributed by atoms with Gasteiger partial charge in [0.05, 0.1) is 0 Å². The van der Waals surface area contributed by atoms with E-state index >= 15 is 0 Å². The van der Waals surface area contributed by atoms with Crippen molar-refractivity contribution in [2.45, 2.75) is 26.3 Å². The minimum atomic E-state index is -0.349. The monoisotopic (exact) mass is 285 g/mol. The number of para-hydroxylation sites is 1. The van der Waals surface area contributed by atoms with E-state index in [9.17, 15) is 4.79 Å². The molecule has 2 aromatic rings. The van der Waals surface area contributed by atoms with Gasteiger partial charge in [-0.05, 0) is 37.6 Å². The van der Waals surface area contributed by atoms with E-state index in [0.29, 0.717) is 17.7 Å². The Morgan fingerprint density at radius 3 is 2.33 bits per heavy atom. The summed E-state index contributed by atoms with van der Waals surface area (Å²) in [6.07, 6.45) is 1.00.